The summed E-state index contributed by atoms with van der Waals surface area (Å²) in [6.45, 7) is 6.33. The van der Waals surface area contributed by atoms with Crippen LogP contribution in [-0.4, -0.2) is 46.0 Å². The van der Waals surface area contributed by atoms with Crippen molar-refractivity contribution in [2.75, 3.05) is 17.7 Å². The zero-order valence-corrected chi connectivity index (χ0v) is 17.4. The predicted octanol–water partition coefficient (Wildman–Crippen LogP) is 3.27. The second-order valence-corrected chi connectivity index (χ2v) is 8.40. The molecule has 0 N–H and O–H groups in total. The molecule has 1 aromatic rings. The fourth-order valence-electron chi connectivity index (χ4n) is 3.09. The molecule has 148 valence electrons. The monoisotopic (exact) mass is 393 g/mol. The van der Waals surface area contributed by atoms with Gasteiger partial charge in [0.1, 0.15) is 17.8 Å². The molecule has 8 heteroatoms. The summed E-state index contributed by atoms with van der Waals surface area (Å²) < 4.78 is 5.32. The maximum absolute atomic E-state index is 13.0. The van der Waals surface area contributed by atoms with Crippen LogP contribution in [0.3, 0.4) is 0 Å². The van der Waals surface area contributed by atoms with Crippen molar-refractivity contribution in [2.45, 2.75) is 64.1 Å². The zero-order chi connectivity index (χ0) is 20.2. The summed E-state index contributed by atoms with van der Waals surface area (Å²) in [7, 11) is 0. The van der Waals surface area contributed by atoms with Crippen LogP contribution in [-0.2, 0) is 14.3 Å². The van der Waals surface area contributed by atoms with Crippen LogP contribution in [0.4, 0.5) is 5.69 Å². The Balaban J connectivity index is 2.38. The highest BCUT2D eigenvalue weighted by Gasteiger charge is 2.31. The van der Waals surface area contributed by atoms with Gasteiger partial charge in [-0.1, -0.05) is 24.6 Å². The summed E-state index contributed by atoms with van der Waals surface area (Å²) in [6.07, 6.45) is 6.95. The Kier molecular flexibility index (Phi) is 6.97. The predicted molar refractivity (Wildman–Crippen MR) is 104 cm³/mol. The van der Waals surface area contributed by atoms with Gasteiger partial charge in [-0.05, 0) is 39.9 Å². The van der Waals surface area contributed by atoms with Crippen molar-refractivity contribution in [1.82, 2.24) is 9.97 Å². The Morgan fingerprint density at radius 1 is 1.26 bits per heavy atom. The molecule has 1 aromatic heterocycles. The van der Waals surface area contributed by atoms with Crippen molar-refractivity contribution in [3.8, 4) is 0 Å². The SMILES string of the molecule is CSc1ncc(N(CC(=O)OC(C)(C)C)C(C)=O)c(C(=O)C2CCCC2)n1. The first-order valence-corrected chi connectivity index (χ1v) is 10.3. The maximum Gasteiger partial charge on any atom is 0.326 e. The van der Waals surface area contributed by atoms with Gasteiger partial charge in [-0.2, -0.15) is 0 Å². The average Bonchev–Trinajstić information content (AvgIpc) is 3.11. The molecule has 0 spiro atoms. The van der Waals surface area contributed by atoms with E-state index in [-0.39, 0.29) is 35.5 Å². The van der Waals surface area contributed by atoms with Crippen molar-refractivity contribution in [3.63, 3.8) is 0 Å². The van der Waals surface area contributed by atoms with E-state index in [4.69, 9.17) is 4.74 Å². The summed E-state index contributed by atoms with van der Waals surface area (Å²) in [5.41, 5.74) is -0.190. The Hall–Kier alpha value is -1.96. The normalized spacial score (nSPS) is 14.9. The number of Topliss-reactive ketones (excluding diaryl/α,β-unsaturated/α-hetero) is 1. The van der Waals surface area contributed by atoms with Gasteiger partial charge in [0.15, 0.2) is 10.9 Å². The number of hydrogen-bond donors (Lipinski definition) is 0. The van der Waals surface area contributed by atoms with Gasteiger partial charge in [0.05, 0.1) is 11.9 Å². The van der Waals surface area contributed by atoms with Crippen LogP contribution in [0.1, 0.15) is 63.9 Å². The number of aromatic nitrogens is 2. The summed E-state index contributed by atoms with van der Waals surface area (Å²) in [6, 6.07) is 0. The van der Waals surface area contributed by atoms with E-state index in [2.05, 4.69) is 9.97 Å². The number of carbonyl (C=O) groups is 3. The molecule has 0 bridgehead atoms. The van der Waals surface area contributed by atoms with Crippen molar-refractivity contribution in [3.05, 3.63) is 11.9 Å². The highest BCUT2D eigenvalue weighted by molar-refractivity contribution is 7.98. The fraction of sp³-hybridized carbons (Fsp3) is 0.632. The Morgan fingerprint density at radius 3 is 2.41 bits per heavy atom. The third-order valence-corrected chi connectivity index (χ3v) is 4.83. The molecule has 0 unspecified atom stereocenters. The number of thioether (sulfide) groups is 1. The molecule has 0 atom stereocenters. The number of rotatable bonds is 6. The van der Waals surface area contributed by atoms with E-state index in [0.717, 1.165) is 25.7 Å². The fourth-order valence-corrected chi connectivity index (χ4v) is 3.43. The first kappa shape index (κ1) is 21.3. The second-order valence-electron chi connectivity index (χ2n) is 7.63. The zero-order valence-electron chi connectivity index (χ0n) is 16.6. The third-order valence-electron chi connectivity index (χ3n) is 4.27. The molecule has 0 aliphatic heterocycles. The molecule has 0 radical (unpaired) electrons. The molecule has 27 heavy (non-hydrogen) atoms. The van der Waals surface area contributed by atoms with Gasteiger partial charge in [0.2, 0.25) is 5.91 Å². The maximum atomic E-state index is 13.0. The number of hydrogen-bond acceptors (Lipinski definition) is 7. The van der Waals surface area contributed by atoms with E-state index < -0.39 is 11.6 Å². The van der Waals surface area contributed by atoms with Gasteiger partial charge < -0.3 is 4.74 Å². The number of anilines is 1. The Bertz CT molecular complexity index is 724. The second kappa shape index (κ2) is 8.82. The molecule has 2 rings (SSSR count). The summed E-state index contributed by atoms with van der Waals surface area (Å²) >= 11 is 1.32. The lowest BCUT2D eigenvalue weighted by Crippen LogP contribution is -2.39. The van der Waals surface area contributed by atoms with Crippen molar-refractivity contribution in [2.24, 2.45) is 5.92 Å². The standard InChI is InChI=1S/C19H27N3O4S/c1-12(23)22(11-15(24)26-19(2,3)4)14-10-20-18(27-5)21-16(14)17(25)13-8-6-7-9-13/h10,13H,6-9,11H2,1-5H3. The lowest BCUT2D eigenvalue weighted by atomic mass is 9.99. The van der Waals surface area contributed by atoms with E-state index in [1.54, 1.807) is 20.8 Å². The highest BCUT2D eigenvalue weighted by Crippen LogP contribution is 2.31. The molecular weight excluding hydrogens is 366 g/mol. The summed E-state index contributed by atoms with van der Waals surface area (Å²) in [4.78, 5) is 47.3. The van der Waals surface area contributed by atoms with E-state index in [1.165, 1.54) is 29.8 Å². The molecule has 1 aliphatic carbocycles. The van der Waals surface area contributed by atoms with Crippen LogP contribution in [0.5, 0.6) is 0 Å². The molecule has 1 saturated carbocycles. The number of amides is 1. The molecule has 7 nitrogen and oxygen atoms in total. The molecule has 1 amide bonds. The highest BCUT2D eigenvalue weighted by atomic mass is 32.2. The minimum Gasteiger partial charge on any atom is -0.459 e. The van der Waals surface area contributed by atoms with Crippen molar-refractivity contribution in [1.29, 1.82) is 0 Å². The minimum absolute atomic E-state index is 0.0874. The number of carbonyl (C=O) groups excluding carboxylic acids is 3. The van der Waals surface area contributed by atoms with E-state index in [0.29, 0.717) is 5.16 Å². The van der Waals surface area contributed by atoms with Crippen molar-refractivity contribution < 1.29 is 19.1 Å². The van der Waals surface area contributed by atoms with Crippen molar-refractivity contribution >= 4 is 35.1 Å². The van der Waals surface area contributed by atoms with E-state index in [1.807, 2.05) is 6.26 Å². The van der Waals surface area contributed by atoms with Crippen LogP contribution in [0.2, 0.25) is 0 Å². The Labute approximate surface area is 164 Å². The van der Waals surface area contributed by atoms with Crippen LogP contribution in [0.25, 0.3) is 0 Å². The molecular formula is C19H27N3O4S. The summed E-state index contributed by atoms with van der Waals surface area (Å²) in [5.74, 6) is -1.10. The van der Waals surface area contributed by atoms with Crippen LogP contribution in [0.15, 0.2) is 11.4 Å². The molecule has 1 aliphatic rings. The quantitative estimate of drug-likeness (QED) is 0.317. The van der Waals surface area contributed by atoms with Gasteiger partial charge in [-0.25, -0.2) is 9.97 Å². The lowest BCUT2D eigenvalue weighted by Gasteiger charge is -2.25. The van der Waals surface area contributed by atoms with Crippen LogP contribution < -0.4 is 4.90 Å². The summed E-state index contributed by atoms with van der Waals surface area (Å²) in [5, 5.41) is 0.459. The van der Waals surface area contributed by atoms with E-state index >= 15 is 0 Å². The molecule has 1 fully saturated rings. The van der Waals surface area contributed by atoms with Gasteiger partial charge >= 0.3 is 5.97 Å². The van der Waals surface area contributed by atoms with Crippen LogP contribution >= 0.6 is 11.8 Å². The molecule has 0 aromatic carbocycles. The Morgan fingerprint density at radius 2 is 1.89 bits per heavy atom. The largest absolute Gasteiger partial charge is 0.459 e. The molecule has 1 heterocycles. The van der Waals surface area contributed by atoms with Gasteiger partial charge in [0.25, 0.3) is 0 Å². The van der Waals surface area contributed by atoms with Gasteiger partial charge in [0, 0.05) is 12.8 Å². The number of ether oxygens (including phenoxy) is 1. The van der Waals surface area contributed by atoms with Crippen LogP contribution in [0, 0.1) is 5.92 Å². The first-order valence-electron chi connectivity index (χ1n) is 9.07. The van der Waals surface area contributed by atoms with Gasteiger partial charge in [-0.3, -0.25) is 19.3 Å². The number of ketones is 1. The van der Waals surface area contributed by atoms with Gasteiger partial charge in [-0.15, -0.1) is 0 Å². The smallest absolute Gasteiger partial charge is 0.326 e. The third kappa shape index (κ3) is 5.76. The average molecular weight is 394 g/mol. The number of esters is 1. The number of nitrogens with zero attached hydrogens (tertiary/aromatic N) is 3. The topological polar surface area (TPSA) is 89.5 Å². The minimum atomic E-state index is -0.665. The van der Waals surface area contributed by atoms with E-state index in [9.17, 15) is 14.4 Å². The first-order chi connectivity index (χ1) is 12.6. The molecule has 0 saturated heterocycles. The lowest BCUT2D eigenvalue weighted by molar-refractivity contribution is -0.153.